The molecule has 1 saturated heterocycles. The Balaban J connectivity index is 0.00000208. The molecule has 2 unspecified atom stereocenters. The van der Waals surface area contributed by atoms with E-state index in [0.29, 0.717) is 11.6 Å². The molecule has 3 heterocycles. The number of aromatic amines is 1. The number of nitrogens with zero attached hydrogens (tertiary/aromatic N) is 3. The summed E-state index contributed by atoms with van der Waals surface area (Å²) in [5, 5.41) is 18.0. The van der Waals surface area contributed by atoms with Crippen molar-refractivity contribution in [3.05, 3.63) is 23.1 Å². The van der Waals surface area contributed by atoms with Crippen LogP contribution in [0, 0.1) is 19.8 Å². The van der Waals surface area contributed by atoms with Gasteiger partial charge in [0, 0.05) is 30.9 Å². The van der Waals surface area contributed by atoms with Gasteiger partial charge in [-0.15, -0.1) is 12.4 Å². The van der Waals surface area contributed by atoms with E-state index in [2.05, 4.69) is 32.9 Å². The van der Waals surface area contributed by atoms with Gasteiger partial charge in [0.05, 0.1) is 11.4 Å². The number of aromatic nitrogens is 4. The minimum atomic E-state index is -0.108. The topological polar surface area (TPSA) is 87.6 Å². The Morgan fingerprint density at radius 2 is 2.17 bits per heavy atom. The second-order valence-corrected chi connectivity index (χ2v) is 6.39. The van der Waals surface area contributed by atoms with Crippen molar-refractivity contribution < 1.29 is 4.79 Å². The Bertz CT molecular complexity index is 722. The molecular weight excluding hydrogens is 328 g/mol. The first-order valence-corrected chi connectivity index (χ1v) is 8.05. The fraction of sp³-hybridized carbons (Fsp3) is 0.562. The second kappa shape index (κ2) is 7.36. The average molecular weight is 353 g/mol. The first kappa shape index (κ1) is 18.5. The van der Waals surface area contributed by atoms with Crippen molar-refractivity contribution in [2.45, 2.75) is 33.2 Å². The summed E-state index contributed by atoms with van der Waals surface area (Å²) >= 11 is 0. The molecule has 24 heavy (non-hydrogen) atoms. The van der Waals surface area contributed by atoms with Crippen LogP contribution in [0.4, 0.5) is 0 Å². The summed E-state index contributed by atoms with van der Waals surface area (Å²) in [5.41, 5.74) is 4.17. The number of H-pyrrole nitrogens is 1. The predicted octanol–water partition coefficient (Wildman–Crippen LogP) is 1.58. The molecule has 0 bridgehead atoms. The molecule has 1 fully saturated rings. The average Bonchev–Trinajstić information content (AvgIpc) is 3.07. The molecule has 8 heteroatoms. The highest BCUT2D eigenvalue weighted by molar-refractivity contribution is 5.93. The van der Waals surface area contributed by atoms with Gasteiger partial charge < -0.3 is 10.6 Å². The SMILES string of the molecule is Cc1nn(C)c(C)c1-c1cc(C(=O)NC2CNCCC2C)[nH]n1.Cl. The Morgan fingerprint density at radius 1 is 1.42 bits per heavy atom. The summed E-state index contributed by atoms with van der Waals surface area (Å²) in [5.74, 6) is 0.369. The molecule has 0 aliphatic carbocycles. The number of hydrogen-bond acceptors (Lipinski definition) is 4. The minimum absolute atomic E-state index is 0. The quantitative estimate of drug-likeness (QED) is 0.782. The third-order valence-electron chi connectivity index (χ3n) is 4.73. The highest BCUT2D eigenvalue weighted by Gasteiger charge is 2.24. The van der Waals surface area contributed by atoms with Gasteiger partial charge in [0.2, 0.25) is 0 Å². The third-order valence-corrected chi connectivity index (χ3v) is 4.73. The molecule has 132 valence electrons. The molecule has 2 aromatic rings. The van der Waals surface area contributed by atoms with Gasteiger partial charge in [0.15, 0.2) is 0 Å². The van der Waals surface area contributed by atoms with Gasteiger partial charge in [0.1, 0.15) is 5.69 Å². The molecule has 7 nitrogen and oxygen atoms in total. The molecule has 2 aromatic heterocycles. The first-order chi connectivity index (χ1) is 11.0. The molecule has 1 aliphatic rings. The van der Waals surface area contributed by atoms with E-state index < -0.39 is 0 Å². The maximum Gasteiger partial charge on any atom is 0.269 e. The number of halogens is 1. The molecule has 0 spiro atoms. The number of piperidine rings is 1. The summed E-state index contributed by atoms with van der Waals surface area (Å²) in [6.45, 7) is 7.95. The van der Waals surface area contributed by atoms with Gasteiger partial charge >= 0.3 is 0 Å². The Morgan fingerprint density at radius 3 is 2.79 bits per heavy atom. The Kier molecular flexibility index (Phi) is 5.66. The van der Waals surface area contributed by atoms with E-state index in [-0.39, 0.29) is 24.4 Å². The van der Waals surface area contributed by atoms with Crippen LogP contribution in [0.3, 0.4) is 0 Å². The smallest absolute Gasteiger partial charge is 0.269 e. The molecule has 1 aliphatic heterocycles. The van der Waals surface area contributed by atoms with Crippen LogP contribution in [-0.2, 0) is 7.05 Å². The number of rotatable bonds is 3. The first-order valence-electron chi connectivity index (χ1n) is 8.05. The van der Waals surface area contributed by atoms with Gasteiger partial charge in [-0.05, 0) is 38.8 Å². The zero-order valence-corrected chi connectivity index (χ0v) is 15.3. The van der Waals surface area contributed by atoms with Crippen LogP contribution in [0.1, 0.15) is 35.2 Å². The van der Waals surface area contributed by atoms with Crippen molar-refractivity contribution in [3.8, 4) is 11.3 Å². The number of nitrogens with one attached hydrogen (secondary N) is 3. The zero-order valence-electron chi connectivity index (χ0n) is 14.5. The Hall–Kier alpha value is -1.86. The lowest BCUT2D eigenvalue weighted by Gasteiger charge is -2.29. The molecule has 3 rings (SSSR count). The highest BCUT2D eigenvalue weighted by Crippen LogP contribution is 2.25. The van der Waals surface area contributed by atoms with Crippen LogP contribution in [0.5, 0.6) is 0 Å². The normalized spacial score (nSPS) is 20.5. The van der Waals surface area contributed by atoms with E-state index in [4.69, 9.17) is 0 Å². The maximum atomic E-state index is 12.4. The second-order valence-electron chi connectivity index (χ2n) is 6.39. The van der Waals surface area contributed by atoms with Gasteiger partial charge in [-0.25, -0.2) is 0 Å². The lowest BCUT2D eigenvalue weighted by molar-refractivity contribution is 0.0910. The molecule has 0 saturated carbocycles. The van der Waals surface area contributed by atoms with Crippen LogP contribution in [0.25, 0.3) is 11.3 Å². The van der Waals surface area contributed by atoms with E-state index in [0.717, 1.165) is 42.2 Å². The number of aryl methyl sites for hydroxylation is 2. The van der Waals surface area contributed by atoms with Crippen LogP contribution in [-0.4, -0.2) is 45.0 Å². The standard InChI is InChI=1S/C16H24N6O.ClH/c1-9-5-6-17-8-14(9)18-16(23)13-7-12(19-20-13)15-10(2)21-22(4)11(15)3;/h7,9,14,17H,5-6,8H2,1-4H3,(H,18,23)(H,19,20);1H. The van der Waals surface area contributed by atoms with Crippen molar-refractivity contribution in [2.24, 2.45) is 13.0 Å². The minimum Gasteiger partial charge on any atom is -0.346 e. The summed E-state index contributed by atoms with van der Waals surface area (Å²) < 4.78 is 1.83. The molecule has 2 atom stereocenters. The van der Waals surface area contributed by atoms with Crippen LogP contribution >= 0.6 is 12.4 Å². The summed E-state index contributed by atoms with van der Waals surface area (Å²) in [6, 6.07) is 1.96. The van der Waals surface area contributed by atoms with E-state index in [1.807, 2.05) is 25.6 Å². The van der Waals surface area contributed by atoms with Crippen LogP contribution in [0.15, 0.2) is 6.07 Å². The van der Waals surface area contributed by atoms with E-state index >= 15 is 0 Å². The van der Waals surface area contributed by atoms with Crippen molar-refractivity contribution in [1.29, 1.82) is 0 Å². The van der Waals surface area contributed by atoms with E-state index in [9.17, 15) is 4.79 Å². The zero-order chi connectivity index (χ0) is 16.6. The molecule has 0 radical (unpaired) electrons. The molecule has 3 N–H and O–H groups in total. The third kappa shape index (κ3) is 3.47. The number of hydrogen-bond donors (Lipinski definition) is 3. The fourth-order valence-electron chi connectivity index (χ4n) is 3.14. The van der Waals surface area contributed by atoms with Crippen molar-refractivity contribution in [3.63, 3.8) is 0 Å². The van der Waals surface area contributed by atoms with Gasteiger partial charge in [0.25, 0.3) is 5.91 Å². The number of carbonyl (C=O) groups is 1. The lowest BCUT2D eigenvalue weighted by Crippen LogP contribution is -2.50. The Labute approximate surface area is 148 Å². The van der Waals surface area contributed by atoms with Crippen LogP contribution in [0.2, 0.25) is 0 Å². The summed E-state index contributed by atoms with van der Waals surface area (Å²) in [7, 11) is 1.91. The molecule has 0 aromatic carbocycles. The maximum absolute atomic E-state index is 12.4. The van der Waals surface area contributed by atoms with Gasteiger partial charge in [-0.3, -0.25) is 14.6 Å². The molecular formula is C16H25ClN6O. The van der Waals surface area contributed by atoms with Crippen molar-refractivity contribution in [1.82, 2.24) is 30.6 Å². The number of carbonyl (C=O) groups excluding carboxylic acids is 1. The van der Waals surface area contributed by atoms with Gasteiger partial charge in [-0.1, -0.05) is 6.92 Å². The van der Waals surface area contributed by atoms with Crippen molar-refractivity contribution >= 4 is 18.3 Å². The largest absolute Gasteiger partial charge is 0.346 e. The monoisotopic (exact) mass is 352 g/mol. The van der Waals surface area contributed by atoms with E-state index in [1.165, 1.54) is 0 Å². The van der Waals surface area contributed by atoms with Gasteiger partial charge in [-0.2, -0.15) is 10.2 Å². The summed E-state index contributed by atoms with van der Waals surface area (Å²) in [6.07, 6.45) is 1.08. The predicted molar refractivity (Wildman–Crippen MR) is 95.4 cm³/mol. The molecule has 1 amide bonds. The number of amides is 1. The van der Waals surface area contributed by atoms with Crippen molar-refractivity contribution in [2.75, 3.05) is 13.1 Å². The van der Waals surface area contributed by atoms with E-state index in [1.54, 1.807) is 6.07 Å². The fourth-order valence-corrected chi connectivity index (χ4v) is 3.14. The lowest BCUT2D eigenvalue weighted by atomic mass is 9.95. The van der Waals surface area contributed by atoms with Crippen LogP contribution < -0.4 is 10.6 Å². The summed E-state index contributed by atoms with van der Waals surface area (Å²) in [4.78, 5) is 12.4. The highest BCUT2D eigenvalue weighted by atomic mass is 35.5.